The highest BCUT2D eigenvalue weighted by atomic mass is 127. The Morgan fingerprint density at radius 1 is 1.28 bits per heavy atom. The number of hydrogen-bond donors (Lipinski definition) is 1. The molecule has 0 spiro atoms. The summed E-state index contributed by atoms with van der Waals surface area (Å²) in [4.78, 5) is 12.2. The van der Waals surface area contributed by atoms with Crippen molar-refractivity contribution < 1.29 is 17.9 Å². The minimum absolute atomic E-state index is 0.171. The fraction of sp³-hybridized carbons (Fsp3) is 0.312. The molecule has 0 unspecified atom stereocenters. The topological polar surface area (TPSA) is 79.0 Å². The number of carbonyl (C=O) groups excluding carboxylic acids is 1. The van der Waals surface area contributed by atoms with Crippen LogP contribution >= 0.6 is 22.6 Å². The van der Waals surface area contributed by atoms with E-state index < -0.39 is 16.1 Å². The number of carbonyl (C=O) groups is 1. The molecule has 0 saturated carbocycles. The maximum absolute atomic E-state index is 12.8. The van der Waals surface area contributed by atoms with Crippen LogP contribution in [0.4, 0.5) is 4.79 Å². The monoisotopic (exact) mass is 477 g/mol. The van der Waals surface area contributed by atoms with Crippen LogP contribution < -0.4 is 5.43 Å². The second-order valence-electron chi connectivity index (χ2n) is 5.71. The van der Waals surface area contributed by atoms with E-state index in [9.17, 15) is 13.2 Å². The Balaban J connectivity index is 2.28. The van der Waals surface area contributed by atoms with Crippen LogP contribution in [0.3, 0.4) is 0 Å². The van der Waals surface area contributed by atoms with Crippen LogP contribution in [0.25, 0.3) is 0 Å². The van der Waals surface area contributed by atoms with Crippen molar-refractivity contribution in [1.82, 2.24) is 14.7 Å². The molecule has 0 bridgehead atoms. The van der Waals surface area contributed by atoms with Crippen molar-refractivity contribution in [2.45, 2.75) is 31.8 Å². The van der Waals surface area contributed by atoms with Crippen LogP contribution in [-0.2, 0) is 14.8 Å². The molecule has 0 atom stereocenters. The van der Waals surface area contributed by atoms with Crippen molar-refractivity contribution >= 4 is 38.7 Å². The molecule has 1 aromatic rings. The standard InChI is InChI=1S/C16H20IN3O4S/c1-11(2)24-16(21)20-10-9-14(17)15(18-20)19(4)25(22,23)13-7-5-12(3)6-8-13/h5-11,18H,1-4H3. The lowest BCUT2D eigenvalue weighted by Gasteiger charge is -2.31. The molecular formula is C16H20IN3O4S. The summed E-state index contributed by atoms with van der Waals surface area (Å²) in [5.41, 5.74) is 3.76. The van der Waals surface area contributed by atoms with Crippen LogP contribution in [0.15, 0.2) is 50.8 Å². The van der Waals surface area contributed by atoms with Gasteiger partial charge in [-0.05, 0) is 61.6 Å². The molecule has 7 nitrogen and oxygen atoms in total. The summed E-state index contributed by atoms with van der Waals surface area (Å²) in [5.74, 6) is 0.268. The van der Waals surface area contributed by atoms with Gasteiger partial charge in [0.1, 0.15) is 5.82 Å². The van der Waals surface area contributed by atoms with Gasteiger partial charge in [-0.25, -0.2) is 13.2 Å². The van der Waals surface area contributed by atoms with E-state index in [1.807, 2.05) is 29.5 Å². The van der Waals surface area contributed by atoms with Crippen LogP contribution in [0.1, 0.15) is 19.4 Å². The summed E-state index contributed by atoms with van der Waals surface area (Å²) in [7, 11) is -2.33. The van der Waals surface area contributed by atoms with Gasteiger partial charge in [-0.1, -0.05) is 17.7 Å². The summed E-state index contributed by atoms with van der Waals surface area (Å²) in [5, 5.41) is 1.11. The zero-order chi connectivity index (χ0) is 18.8. The van der Waals surface area contributed by atoms with E-state index in [2.05, 4.69) is 5.43 Å². The maximum Gasteiger partial charge on any atom is 0.433 e. The normalized spacial score (nSPS) is 14.6. The molecule has 0 fully saturated rings. The third-order valence-electron chi connectivity index (χ3n) is 3.35. The first kappa shape index (κ1) is 19.6. The van der Waals surface area contributed by atoms with Gasteiger partial charge >= 0.3 is 6.09 Å². The molecule has 1 amide bonds. The third-order valence-corrected chi connectivity index (χ3v) is 5.99. The highest BCUT2D eigenvalue weighted by Gasteiger charge is 2.28. The van der Waals surface area contributed by atoms with Gasteiger partial charge in [0.2, 0.25) is 0 Å². The summed E-state index contributed by atoms with van der Waals surface area (Å²) in [6.07, 6.45) is 2.22. The molecule has 136 valence electrons. The van der Waals surface area contributed by atoms with E-state index in [1.165, 1.54) is 13.2 Å². The molecular weight excluding hydrogens is 457 g/mol. The number of nitrogens with one attached hydrogen (secondary N) is 1. The van der Waals surface area contributed by atoms with Gasteiger partial charge in [-0.15, -0.1) is 0 Å². The quantitative estimate of drug-likeness (QED) is 0.675. The fourth-order valence-electron chi connectivity index (χ4n) is 2.00. The Morgan fingerprint density at radius 2 is 1.88 bits per heavy atom. The second kappa shape index (κ2) is 7.65. The maximum atomic E-state index is 12.8. The summed E-state index contributed by atoms with van der Waals surface area (Å²) in [6, 6.07) is 6.58. The van der Waals surface area contributed by atoms with E-state index in [1.54, 1.807) is 44.2 Å². The van der Waals surface area contributed by atoms with E-state index in [4.69, 9.17) is 4.74 Å². The number of benzene rings is 1. The Labute approximate surface area is 161 Å². The van der Waals surface area contributed by atoms with E-state index >= 15 is 0 Å². The summed E-state index contributed by atoms with van der Waals surface area (Å²) in [6.45, 7) is 5.36. The average Bonchev–Trinajstić information content (AvgIpc) is 2.54. The zero-order valence-electron chi connectivity index (χ0n) is 14.4. The SMILES string of the molecule is Cc1ccc(S(=O)(=O)N(C)C2=C(I)C=CN(C(=O)OC(C)C)N2)cc1. The predicted octanol–water partition coefficient (Wildman–Crippen LogP) is 3.10. The van der Waals surface area contributed by atoms with Crippen molar-refractivity contribution in [2.75, 3.05) is 7.05 Å². The van der Waals surface area contributed by atoms with E-state index in [0.29, 0.717) is 3.58 Å². The van der Waals surface area contributed by atoms with Crippen molar-refractivity contribution in [3.63, 3.8) is 0 Å². The largest absolute Gasteiger partial charge is 0.445 e. The number of amides is 1. The van der Waals surface area contributed by atoms with E-state index in [0.717, 1.165) is 14.9 Å². The first-order chi connectivity index (χ1) is 11.6. The number of hydrazine groups is 1. The number of rotatable bonds is 4. The molecule has 2 rings (SSSR count). The highest BCUT2D eigenvalue weighted by Crippen LogP contribution is 2.25. The Bertz CT molecular complexity index is 816. The Morgan fingerprint density at radius 3 is 2.44 bits per heavy atom. The van der Waals surface area contributed by atoms with Crippen LogP contribution in [0.2, 0.25) is 0 Å². The smallest absolute Gasteiger partial charge is 0.433 e. The molecule has 0 aliphatic carbocycles. The molecule has 1 aliphatic rings. The fourth-order valence-corrected chi connectivity index (χ4v) is 3.98. The highest BCUT2D eigenvalue weighted by molar-refractivity contribution is 14.1. The van der Waals surface area contributed by atoms with Crippen LogP contribution in [0, 0.1) is 6.92 Å². The summed E-state index contributed by atoms with van der Waals surface area (Å²) >= 11 is 2.00. The molecule has 1 N–H and O–H groups in total. The molecule has 0 radical (unpaired) electrons. The first-order valence-corrected chi connectivity index (χ1v) is 10.0. The number of aryl methyl sites for hydroxylation is 1. The third kappa shape index (κ3) is 4.46. The predicted molar refractivity (Wildman–Crippen MR) is 103 cm³/mol. The minimum atomic E-state index is -3.76. The van der Waals surface area contributed by atoms with Crippen LogP contribution in [-0.4, -0.2) is 37.0 Å². The van der Waals surface area contributed by atoms with Crippen molar-refractivity contribution in [2.24, 2.45) is 0 Å². The Hall–Kier alpha value is -1.75. The van der Waals surface area contributed by atoms with Gasteiger partial charge in [0.15, 0.2) is 0 Å². The lowest BCUT2D eigenvalue weighted by molar-refractivity contribution is 0.0778. The number of halogens is 1. The van der Waals surface area contributed by atoms with Gasteiger partial charge in [-0.2, -0.15) is 5.01 Å². The van der Waals surface area contributed by atoms with Gasteiger partial charge in [-0.3, -0.25) is 9.73 Å². The average molecular weight is 477 g/mol. The van der Waals surface area contributed by atoms with Crippen LogP contribution in [0.5, 0.6) is 0 Å². The number of ether oxygens (including phenoxy) is 1. The molecule has 1 aliphatic heterocycles. The van der Waals surface area contributed by atoms with Gasteiger partial charge in [0.25, 0.3) is 10.0 Å². The number of nitrogens with zero attached hydrogens (tertiary/aromatic N) is 2. The van der Waals surface area contributed by atoms with E-state index in [-0.39, 0.29) is 16.8 Å². The zero-order valence-corrected chi connectivity index (χ0v) is 17.3. The number of sulfonamides is 1. The summed E-state index contributed by atoms with van der Waals surface area (Å²) < 4.78 is 32.5. The molecule has 9 heteroatoms. The molecule has 25 heavy (non-hydrogen) atoms. The van der Waals surface area contributed by atoms with Gasteiger partial charge in [0.05, 0.1) is 14.6 Å². The first-order valence-electron chi connectivity index (χ1n) is 7.53. The van der Waals surface area contributed by atoms with Crippen molar-refractivity contribution in [3.8, 4) is 0 Å². The molecule has 0 aromatic heterocycles. The lowest BCUT2D eigenvalue weighted by atomic mass is 10.2. The Kier molecular flexibility index (Phi) is 5.99. The van der Waals surface area contributed by atoms with Crippen molar-refractivity contribution in [3.05, 3.63) is 51.5 Å². The molecule has 1 aromatic carbocycles. The minimum Gasteiger partial charge on any atom is -0.445 e. The number of allylic oxidation sites excluding steroid dienone is 2. The molecule has 0 saturated heterocycles. The number of hydrogen-bond acceptors (Lipinski definition) is 5. The van der Waals surface area contributed by atoms with Gasteiger partial charge in [0, 0.05) is 13.2 Å². The van der Waals surface area contributed by atoms with Gasteiger partial charge < -0.3 is 4.74 Å². The van der Waals surface area contributed by atoms with Crippen molar-refractivity contribution in [1.29, 1.82) is 0 Å². The lowest BCUT2D eigenvalue weighted by Crippen LogP contribution is -2.46. The second-order valence-corrected chi connectivity index (χ2v) is 8.84. The molecule has 1 heterocycles.